The molecule has 0 spiro atoms. The molecule has 1 aromatic carbocycles. The fourth-order valence-corrected chi connectivity index (χ4v) is 1.90. The lowest BCUT2D eigenvalue weighted by Crippen LogP contribution is -2.19. The van der Waals surface area contributed by atoms with Gasteiger partial charge in [0.2, 0.25) is 0 Å². The Labute approximate surface area is 110 Å². The first-order valence-corrected chi connectivity index (χ1v) is 6.11. The molecule has 100 valence electrons. The summed E-state index contributed by atoms with van der Waals surface area (Å²) < 4.78 is 0. The lowest BCUT2D eigenvalue weighted by Gasteiger charge is -2.10. The molecule has 0 bridgehead atoms. The fourth-order valence-electron chi connectivity index (χ4n) is 1.90. The Kier molecular flexibility index (Phi) is 3.91. The number of nitrogens with one attached hydrogen (secondary N) is 1. The first-order valence-electron chi connectivity index (χ1n) is 6.11. The molecule has 0 aliphatic rings. The van der Waals surface area contributed by atoms with E-state index in [0.29, 0.717) is 5.52 Å². The number of nitro groups is 1. The van der Waals surface area contributed by atoms with E-state index < -0.39 is 4.92 Å². The Hall–Kier alpha value is -2.21. The van der Waals surface area contributed by atoms with Crippen LogP contribution >= 0.6 is 0 Å². The number of aromatic nitrogens is 1. The lowest BCUT2D eigenvalue weighted by atomic mass is 10.1. The second-order valence-electron chi connectivity index (χ2n) is 4.48. The molecule has 1 aromatic heterocycles. The topological polar surface area (TPSA) is 94.1 Å². The van der Waals surface area contributed by atoms with Gasteiger partial charge >= 0.3 is 0 Å². The summed E-state index contributed by atoms with van der Waals surface area (Å²) >= 11 is 0. The molecule has 0 saturated carbocycles. The van der Waals surface area contributed by atoms with Crippen LogP contribution in [-0.4, -0.2) is 22.5 Å². The van der Waals surface area contributed by atoms with Gasteiger partial charge in [0.1, 0.15) is 5.52 Å². The van der Waals surface area contributed by atoms with Crippen LogP contribution in [0.4, 0.5) is 11.4 Å². The highest BCUT2D eigenvalue weighted by Gasteiger charge is 2.14. The van der Waals surface area contributed by atoms with Crippen molar-refractivity contribution in [3.8, 4) is 0 Å². The summed E-state index contributed by atoms with van der Waals surface area (Å²) in [6, 6.07) is 6.88. The number of rotatable bonds is 5. The number of nitrogens with zero attached hydrogens (tertiary/aromatic N) is 2. The molecular formula is C13H16N4O2. The minimum Gasteiger partial charge on any atom is -0.384 e. The molecule has 0 aliphatic heterocycles. The number of nitrogens with two attached hydrogens (primary N) is 1. The molecule has 0 radical (unpaired) electrons. The minimum atomic E-state index is -0.416. The Bertz CT molecular complexity index is 598. The van der Waals surface area contributed by atoms with Crippen LogP contribution in [-0.2, 0) is 0 Å². The molecule has 0 amide bonds. The number of benzene rings is 1. The maximum Gasteiger partial charge on any atom is 0.295 e. The maximum absolute atomic E-state index is 11.0. The third-order valence-electron chi connectivity index (χ3n) is 2.86. The van der Waals surface area contributed by atoms with Crippen molar-refractivity contribution in [2.75, 3.05) is 11.9 Å². The van der Waals surface area contributed by atoms with Crippen molar-refractivity contribution in [1.29, 1.82) is 0 Å². The highest BCUT2D eigenvalue weighted by molar-refractivity contribution is 5.96. The van der Waals surface area contributed by atoms with Crippen molar-refractivity contribution >= 4 is 22.3 Å². The van der Waals surface area contributed by atoms with Crippen molar-refractivity contribution in [1.82, 2.24) is 4.98 Å². The molecule has 6 heteroatoms. The number of hydrogen-bond donors (Lipinski definition) is 2. The molecule has 1 unspecified atom stereocenters. The number of nitro benzene ring substituents is 1. The average Bonchev–Trinajstić information content (AvgIpc) is 2.37. The number of para-hydroxylation sites is 1. The predicted molar refractivity (Wildman–Crippen MR) is 75.2 cm³/mol. The molecule has 6 nitrogen and oxygen atoms in total. The summed E-state index contributed by atoms with van der Waals surface area (Å²) in [7, 11) is 0. The Morgan fingerprint density at radius 1 is 1.47 bits per heavy atom. The van der Waals surface area contributed by atoms with E-state index in [1.165, 1.54) is 6.07 Å². The van der Waals surface area contributed by atoms with E-state index in [9.17, 15) is 10.1 Å². The van der Waals surface area contributed by atoms with Crippen LogP contribution in [0.3, 0.4) is 0 Å². The van der Waals surface area contributed by atoms with E-state index >= 15 is 0 Å². The van der Waals surface area contributed by atoms with Gasteiger partial charge in [-0.2, -0.15) is 0 Å². The zero-order valence-corrected chi connectivity index (χ0v) is 10.7. The Morgan fingerprint density at radius 3 is 2.95 bits per heavy atom. The second-order valence-corrected chi connectivity index (χ2v) is 4.48. The van der Waals surface area contributed by atoms with Crippen molar-refractivity contribution in [2.45, 2.75) is 19.4 Å². The average molecular weight is 260 g/mol. The van der Waals surface area contributed by atoms with Crippen LogP contribution in [0.25, 0.3) is 10.9 Å². The molecular weight excluding hydrogens is 244 g/mol. The Balaban J connectivity index is 2.35. The van der Waals surface area contributed by atoms with E-state index in [1.807, 2.05) is 19.1 Å². The minimum absolute atomic E-state index is 0.0216. The van der Waals surface area contributed by atoms with Crippen molar-refractivity contribution < 1.29 is 4.92 Å². The van der Waals surface area contributed by atoms with Crippen LogP contribution in [0.1, 0.15) is 13.3 Å². The monoisotopic (exact) mass is 260 g/mol. The van der Waals surface area contributed by atoms with Gasteiger partial charge in [0.05, 0.1) is 4.92 Å². The summed E-state index contributed by atoms with van der Waals surface area (Å²) in [5.41, 5.74) is 6.96. The number of non-ortho nitro benzene ring substituents is 1. The molecule has 19 heavy (non-hydrogen) atoms. The van der Waals surface area contributed by atoms with Crippen molar-refractivity contribution in [3.05, 3.63) is 40.6 Å². The highest BCUT2D eigenvalue weighted by Crippen LogP contribution is 2.28. The summed E-state index contributed by atoms with van der Waals surface area (Å²) in [5.74, 6) is 0. The van der Waals surface area contributed by atoms with Gasteiger partial charge in [0.25, 0.3) is 5.69 Å². The molecule has 3 N–H and O–H groups in total. The van der Waals surface area contributed by atoms with Gasteiger partial charge in [0, 0.05) is 35.9 Å². The van der Waals surface area contributed by atoms with Crippen LogP contribution in [0.15, 0.2) is 30.5 Å². The van der Waals surface area contributed by atoms with Crippen molar-refractivity contribution in [3.63, 3.8) is 0 Å². The number of fused-ring (bicyclic) bond motifs is 1. The third-order valence-corrected chi connectivity index (χ3v) is 2.86. The van der Waals surface area contributed by atoms with E-state index in [-0.39, 0.29) is 11.7 Å². The van der Waals surface area contributed by atoms with Gasteiger partial charge < -0.3 is 11.1 Å². The van der Waals surface area contributed by atoms with E-state index in [4.69, 9.17) is 5.73 Å². The van der Waals surface area contributed by atoms with Gasteiger partial charge in [-0.25, -0.2) is 4.98 Å². The van der Waals surface area contributed by atoms with Gasteiger partial charge in [-0.05, 0) is 19.4 Å². The highest BCUT2D eigenvalue weighted by atomic mass is 16.6. The molecule has 2 aromatic rings. The third kappa shape index (κ3) is 2.97. The summed E-state index contributed by atoms with van der Waals surface area (Å²) in [4.78, 5) is 14.6. The number of anilines is 1. The van der Waals surface area contributed by atoms with Gasteiger partial charge in [0.15, 0.2) is 0 Å². The fraction of sp³-hybridized carbons (Fsp3) is 0.308. The first kappa shape index (κ1) is 13.2. The summed E-state index contributed by atoms with van der Waals surface area (Å²) in [6.45, 7) is 2.66. The molecule has 0 saturated heterocycles. The van der Waals surface area contributed by atoms with Crippen LogP contribution in [0.5, 0.6) is 0 Å². The van der Waals surface area contributed by atoms with Crippen LogP contribution < -0.4 is 11.1 Å². The second kappa shape index (κ2) is 5.62. The van der Waals surface area contributed by atoms with Crippen molar-refractivity contribution in [2.24, 2.45) is 5.73 Å². The quantitative estimate of drug-likeness (QED) is 0.635. The van der Waals surface area contributed by atoms with E-state index in [2.05, 4.69) is 10.3 Å². The van der Waals surface area contributed by atoms with Gasteiger partial charge in [-0.1, -0.05) is 12.1 Å². The molecule has 1 atom stereocenters. The van der Waals surface area contributed by atoms with Gasteiger partial charge in [-0.3, -0.25) is 10.1 Å². The summed E-state index contributed by atoms with van der Waals surface area (Å²) in [6.07, 6.45) is 2.41. The number of pyridine rings is 1. The molecule has 0 aliphatic carbocycles. The van der Waals surface area contributed by atoms with E-state index in [0.717, 1.165) is 24.0 Å². The molecule has 0 fully saturated rings. The SMILES string of the molecule is CC(N)CCNc1ccnc2c([N+](=O)[O-])cccc12. The zero-order valence-electron chi connectivity index (χ0n) is 10.7. The predicted octanol–water partition coefficient (Wildman–Crippen LogP) is 2.29. The smallest absolute Gasteiger partial charge is 0.295 e. The van der Waals surface area contributed by atoms with E-state index in [1.54, 1.807) is 12.3 Å². The molecule has 2 rings (SSSR count). The standard InChI is InChI=1S/C13H16N4O2/c1-9(14)5-7-15-11-6-8-16-13-10(11)3-2-4-12(13)17(18)19/h2-4,6,8-9H,5,7,14H2,1H3,(H,15,16). The molecule has 1 heterocycles. The maximum atomic E-state index is 11.0. The van der Waals surface area contributed by atoms with Crippen LogP contribution in [0, 0.1) is 10.1 Å². The normalized spacial score (nSPS) is 12.3. The zero-order chi connectivity index (χ0) is 13.8. The Morgan fingerprint density at radius 2 is 2.26 bits per heavy atom. The summed E-state index contributed by atoms with van der Waals surface area (Å²) in [5, 5.41) is 15.0. The number of hydrogen-bond acceptors (Lipinski definition) is 5. The van der Waals surface area contributed by atoms with Crippen LogP contribution in [0.2, 0.25) is 0 Å². The van der Waals surface area contributed by atoms with Gasteiger partial charge in [-0.15, -0.1) is 0 Å². The largest absolute Gasteiger partial charge is 0.384 e. The lowest BCUT2D eigenvalue weighted by molar-refractivity contribution is -0.383. The first-order chi connectivity index (χ1) is 9.09.